The predicted octanol–water partition coefficient (Wildman–Crippen LogP) is 3.50. The van der Waals surface area contributed by atoms with Crippen molar-refractivity contribution in [3.63, 3.8) is 0 Å². The molecule has 0 fully saturated rings. The van der Waals surface area contributed by atoms with Gasteiger partial charge in [0.1, 0.15) is 0 Å². The van der Waals surface area contributed by atoms with E-state index in [1.807, 2.05) is 13.8 Å². The van der Waals surface area contributed by atoms with Crippen molar-refractivity contribution in [3.05, 3.63) is 59.4 Å². The normalized spacial score (nSPS) is 11.7. The summed E-state index contributed by atoms with van der Waals surface area (Å²) in [6.45, 7) is 3.67. The standard InChI is InChI=1S/C18H15F2N3O3S/c1-10-11(2)22-16-9-12(3-8-15(16)21-10)17(24)23-13-4-6-14(7-5-13)27(25,26)18(19)20/h3-9,18H,1-2H3,(H,23,24). The van der Waals surface area contributed by atoms with Crippen LogP contribution in [0.25, 0.3) is 11.0 Å². The Morgan fingerprint density at radius 1 is 0.963 bits per heavy atom. The van der Waals surface area contributed by atoms with Gasteiger partial charge in [-0.15, -0.1) is 0 Å². The van der Waals surface area contributed by atoms with Gasteiger partial charge in [-0.05, 0) is 56.3 Å². The minimum absolute atomic E-state index is 0.277. The second-order valence-corrected chi connectivity index (χ2v) is 7.80. The highest BCUT2D eigenvalue weighted by Crippen LogP contribution is 2.21. The lowest BCUT2D eigenvalue weighted by molar-refractivity contribution is 0.102. The van der Waals surface area contributed by atoms with Gasteiger partial charge in [0.15, 0.2) is 0 Å². The number of hydrogen-bond donors (Lipinski definition) is 1. The molecule has 0 aliphatic carbocycles. The molecule has 0 unspecified atom stereocenters. The molecule has 27 heavy (non-hydrogen) atoms. The molecule has 1 heterocycles. The largest absolute Gasteiger partial charge is 0.341 e. The zero-order valence-electron chi connectivity index (χ0n) is 14.4. The van der Waals surface area contributed by atoms with Crippen LogP contribution in [0.15, 0.2) is 47.4 Å². The number of carbonyl (C=O) groups excluding carboxylic acids is 1. The summed E-state index contributed by atoms with van der Waals surface area (Å²) >= 11 is 0. The van der Waals surface area contributed by atoms with Crippen LogP contribution >= 0.6 is 0 Å². The Morgan fingerprint density at radius 3 is 2.15 bits per heavy atom. The highest BCUT2D eigenvalue weighted by molar-refractivity contribution is 7.91. The molecule has 9 heteroatoms. The predicted molar refractivity (Wildman–Crippen MR) is 96.6 cm³/mol. The van der Waals surface area contributed by atoms with Crippen molar-refractivity contribution in [2.75, 3.05) is 5.32 Å². The average Bonchev–Trinajstić information content (AvgIpc) is 2.62. The first-order valence-electron chi connectivity index (χ1n) is 7.87. The van der Waals surface area contributed by atoms with E-state index in [9.17, 15) is 22.0 Å². The smallest absolute Gasteiger partial charge is 0.322 e. The number of carbonyl (C=O) groups is 1. The van der Waals surface area contributed by atoms with Crippen LogP contribution in [0.1, 0.15) is 21.7 Å². The first kappa shape index (κ1) is 18.8. The zero-order valence-corrected chi connectivity index (χ0v) is 15.2. The highest BCUT2D eigenvalue weighted by Gasteiger charge is 2.26. The molecule has 6 nitrogen and oxygen atoms in total. The average molecular weight is 391 g/mol. The maximum absolute atomic E-state index is 12.5. The molecule has 3 aromatic rings. The number of aromatic nitrogens is 2. The van der Waals surface area contributed by atoms with Crippen LogP contribution in [-0.2, 0) is 9.84 Å². The van der Waals surface area contributed by atoms with E-state index in [0.717, 1.165) is 23.5 Å². The molecule has 140 valence electrons. The quantitative estimate of drug-likeness (QED) is 0.735. The van der Waals surface area contributed by atoms with Crippen LogP contribution in [0, 0.1) is 13.8 Å². The maximum Gasteiger partial charge on any atom is 0.341 e. The van der Waals surface area contributed by atoms with Gasteiger partial charge in [0, 0.05) is 11.3 Å². The van der Waals surface area contributed by atoms with Gasteiger partial charge in [-0.1, -0.05) is 0 Å². The number of halogens is 2. The molecule has 3 rings (SSSR count). The molecule has 0 bridgehead atoms. The summed E-state index contributed by atoms with van der Waals surface area (Å²) in [6.07, 6.45) is 0. The van der Waals surface area contributed by atoms with Crippen molar-refractivity contribution in [1.29, 1.82) is 0 Å². The summed E-state index contributed by atoms with van der Waals surface area (Å²) in [5.74, 6) is -3.94. The highest BCUT2D eigenvalue weighted by atomic mass is 32.2. The second kappa shape index (κ2) is 6.99. The van der Waals surface area contributed by atoms with Crippen molar-refractivity contribution < 1.29 is 22.0 Å². The Labute approximate surface area is 154 Å². The van der Waals surface area contributed by atoms with Gasteiger partial charge in [0.25, 0.3) is 5.91 Å². The molecule has 1 aromatic heterocycles. The van der Waals surface area contributed by atoms with Gasteiger partial charge >= 0.3 is 5.76 Å². The summed E-state index contributed by atoms with van der Waals surface area (Å²) in [6, 6.07) is 9.42. The molecule has 0 spiro atoms. The lowest BCUT2D eigenvalue weighted by atomic mass is 10.1. The van der Waals surface area contributed by atoms with Crippen LogP contribution in [0.3, 0.4) is 0 Å². The van der Waals surface area contributed by atoms with Crippen molar-refractivity contribution >= 4 is 32.5 Å². The number of rotatable bonds is 4. The number of amides is 1. The molecule has 0 radical (unpaired) electrons. The van der Waals surface area contributed by atoms with E-state index < -0.39 is 26.4 Å². The SMILES string of the molecule is Cc1nc2ccc(C(=O)Nc3ccc(S(=O)(=O)C(F)F)cc3)cc2nc1C. The van der Waals surface area contributed by atoms with Crippen LogP contribution in [0.2, 0.25) is 0 Å². The number of nitrogens with zero attached hydrogens (tertiary/aromatic N) is 2. The number of benzene rings is 2. The summed E-state index contributed by atoms with van der Waals surface area (Å²) < 4.78 is 47.9. The molecule has 1 N–H and O–H groups in total. The van der Waals surface area contributed by atoms with Crippen molar-refractivity contribution in [2.45, 2.75) is 24.5 Å². The van der Waals surface area contributed by atoms with E-state index >= 15 is 0 Å². The first-order chi connectivity index (χ1) is 12.7. The number of fused-ring (bicyclic) bond motifs is 1. The Morgan fingerprint density at radius 2 is 1.56 bits per heavy atom. The number of nitrogens with one attached hydrogen (secondary N) is 1. The first-order valence-corrected chi connectivity index (χ1v) is 9.41. The van der Waals surface area contributed by atoms with Crippen molar-refractivity contribution in [2.24, 2.45) is 0 Å². The van der Waals surface area contributed by atoms with Gasteiger partial charge < -0.3 is 5.32 Å². The van der Waals surface area contributed by atoms with E-state index in [2.05, 4.69) is 15.3 Å². The molecular formula is C18H15F2N3O3S. The molecule has 0 aliphatic heterocycles. The van der Waals surface area contributed by atoms with Gasteiger partial charge in [-0.3, -0.25) is 4.79 Å². The fourth-order valence-corrected chi connectivity index (χ4v) is 3.13. The van der Waals surface area contributed by atoms with E-state index in [4.69, 9.17) is 0 Å². The third-order valence-electron chi connectivity index (χ3n) is 4.01. The molecule has 0 atom stereocenters. The molecule has 1 amide bonds. The summed E-state index contributed by atoms with van der Waals surface area (Å²) in [5.41, 5.74) is 3.42. The molecule has 2 aromatic carbocycles. The van der Waals surface area contributed by atoms with Crippen LogP contribution in [-0.4, -0.2) is 30.1 Å². The van der Waals surface area contributed by atoms with E-state index in [0.29, 0.717) is 16.6 Å². The monoisotopic (exact) mass is 391 g/mol. The van der Waals surface area contributed by atoms with Crippen LogP contribution in [0.4, 0.5) is 14.5 Å². The molecule has 0 aliphatic rings. The minimum atomic E-state index is -4.67. The number of hydrogen-bond acceptors (Lipinski definition) is 5. The third kappa shape index (κ3) is 3.77. The number of anilines is 1. The molecular weight excluding hydrogens is 376 g/mol. The fourth-order valence-electron chi connectivity index (χ4n) is 2.41. The van der Waals surface area contributed by atoms with Crippen LogP contribution < -0.4 is 5.32 Å². The van der Waals surface area contributed by atoms with E-state index in [1.54, 1.807) is 18.2 Å². The molecule has 0 saturated carbocycles. The Balaban J connectivity index is 1.83. The Bertz CT molecular complexity index is 1130. The summed E-state index contributed by atoms with van der Waals surface area (Å²) in [7, 11) is -4.67. The Kier molecular flexibility index (Phi) is 4.88. The molecule has 0 saturated heterocycles. The van der Waals surface area contributed by atoms with Gasteiger partial charge in [0.2, 0.25) is 9.84 Å². The Hall–Kier alpha value is -2.94. The second-order valence-electron chi connectivity index (χ2n) is 5.88. The van der Waals surface area contributed by atoms with Crippen molar-refractivity contribution in [3.8, 4) is 0 Å². The maximum atomic E-state index is 12.5. The van der Waals surface area contributed by atoms with E-state index in [-0.39, 0.29) is 5.69 Å². The van der Waals surface area contributed by atoms with E-state index in [1.165, 1.54) is 12.1 Å². The lowest BCUT2D eigenvalue weighted by Crippen LogP contribution is -2.13. The van der Waals surface area contributed by atoms with Crippen LogP contribution in [0.5, 0.6) is 0 Å². The summed E-state index contributed by atoms with van der Waals surface area (Å²) in [4.78, 5) is 20.7. The fraction of sp³-hybridized carbons (Fsp3) is 0.167. The van der Waals surface area contributed by atoms with Gasteiger partial charge in [-0.25, -0.2) is 18.4 Å². The lowest BCUT2D eigenvalue weighted by Gasteiger charge is -2.08. The number of aryl methyl sites for hydroxylation is 2. The number of alkyl halides is 2. The third-order valence-corrected chi connectivity index (χ3v) is 5.41. The van der Waals surface area contributed by atoms with Crippen molar-refractivity contribution in [1.82, 2.24) is 9.97 Å². The number of sulfone groups is 1. The van der Waals surface area contributed by atoms with Gasteiger partial charge in [0.05, 0.1) is 27.3 Å². The minimum Gasteiger partial charge on any atom is -0.322 e. The van der Waals surface area contributed by atoms with Gasteiger partial charge in [-0.2, -0.15) is 8.78 Å². The summed E-state index contributed by atoms with van der Waals surface area (Å²) in [5, 5.41) is 2.59. The zero-order chi connectivity index (χ0) is 19.8. The topological polar surface area (TPSA) is 89.0 Å².